The van der Waals surface area contributed by atoms with Gasteiger partial charge in [-0.3, -0.25) is 9.52 Å². The first-order valence-electron chi connectivity index (χ1n) is 12.4. The lowest BCUT2D eigenvalue weighted by molar-refractivity contribution is 0.0728. The van der Waals surface area contributed by atoms with Gasteiger partial charge >= 0.3 is 5.97 Å². The number of sulfonamides is 1. The van der Waals surface area contributed by atoms with Crippen LogP contribution in [-0.2, 0) is 10.0 Å². The van der Waals surface area contributed by atoms with Gasteiger partial charge in [0.05, 0.1) is 30.4 Å². The second-order valence-corrected chi connectivity index (χ2v) is 10.1. The van der Waals surface area contributed by atoms with Gasteiger partial charge in [-0.15, -0.1) is 0 Å². The zero-order valence-corrected chi connectivity index (χ0v) is 23.1. The van der Waals surface area contributed by atoms with Crippen LogP contribution in [0.3, 0.4) is 0 Å². The van der Waals surface area contributed by atoms with Crippen LogP contribution in [0.25, 0.3) is 0 Å². The molecule has 0 aliphatic rings. The van der Waals surface area contributed by atoms with Gasteiger partial charge in [-0.1, -0.05) is 18.2 Å². The number of ether oxygens (including phenoxy) is 3. The summed E-state index contributed by atoms with van der Waals surface area (Å²) < 4.78 is 43.7. The van der Waals surface area contributed by atoms with Gasteiger partial charge < -0.3 is 14.2 Å². The third-order valence-electron chi connectivity index (χ3n) is 5.63. The molecule has 4 aromatic rings. The van der Waals surface area contributed by atoms with Crippen LogP contribution in [-0.4, -0.2) is 40.2 Å². The minimum Gasteiger partial charge on any atom is -0.497 e. The SMILES string of the molecule is CCOc1cc(/C=N/NC(=O)c2ccc(NS(=O)(=O)c3ccccc3)cc2)ccc1OC(=O)c1ccc(OC)cc1. The zero-order chi connectivity index (χ0) is 29.2. The molecule has 4 aromatic carbocycles. The molecule has 4 rings (SSSR count). The summed E-state index contributed by atoms with van der Waals surface area (Å²) >= 11 is 0. The number of nitrogens with zero attached hydrogens (tertiary/aromatic N) is 1. The maximum atomic E-state index is 12.6. The molecule has 0 aromatic heterocycles. The summed E-state index contributed by atoms with van der Waals surface area (Å²) in [6, 6.07) is 25.3. The van der Waals surface area contributed by atoms with Crippen molar-refractivity contribution in [2.75, 3.05) is 18.4 Å². The number of benzene rings is 4. The molecule has 11 heteroatoms. The van der Waals surface area contributed by atoms with Crippen LogP contribution in [0.2, 0.25) is 0 Å². The summed E-state index contributed by atoms with van der Waals surface area (Å²) in [6.07, 6.45) is 1.41. The second kappa shape index (κ2) is 13.3. The molecule has 0 spiro atoms. The largest absolute Gasteiger partial charge is 0.497 e. The molecule has 10 nitrogen and oxygen atoms in total. The van der Waals surface area contributed by atoms with E-state index < -0.39 is 21.9 Å². The average molecular weight is 574 g/mol. The Balaban J connectivity index is 1.37. The quantitative estimate of drug-likeness (QED) is 0.113. The van der Waals surface area contributed by atoms with E-state index in [1.54, 1.807) is 67.6 Å². The predicted octanol–water partition coefficient (Wildman–Crippen LogP) is 4.88. The third-order valence-corrected chi connectivity index (χ3v) is 7.03. The van der Waals surface area contributed by atoms with Crippen molar-refractivity contribution in [1.82, 2.24) is 5.43 Å². The highest BCUT2D eigenvalue weighted by molar-refractivity contribution is 7.92. The molecule has 0 unspecified atom stereocenters. The number of hydrazone groups is 1. The lowest BCUT2D eigenvalue weighted by Gasteiger charge is -2.11. The number of hydrogen-bond acceptors (Lipinski definition) is 8. The fourth-order valence-corrected chi connectivity index (χ4v) is 4.66. The van der Waals surface area contributed by atoms with Crippen molar-refractivity contribution in [3.63, 3.8) is 0 Å². The predicted molar refractivity (Wildman–Crippen MR) is 154 cm³/mol. The lowest BCUT2D eigenvalue weighted by atomic mass is 10.2. The van der Waals surface area contributed by atoms with E-state index in [9.17, 15) is 18.0 Å². The van der Waals surface area contributed by atoms with Crippen molar-refractivity contribution >= 4 is 33.8 Å². The molecule has 0 bridgehead atoms. The smallest absolute Gasteiger partial charge is 0.343 e. The maximum absolute atomic E-state index is 12.6. The monoisotopic (exact) mass is 573 g/mol. The first-order chi connectivity index (χ1) is 19.8. The Labute approximate surface area is 237 Å². The molecule has 210 valence electrons. The summed E-state index contributed by atoms with van der Waals surface area (Å²) in [5.74, 6) is 0.139. The molecule has 0 saturated carbocycles. The van der Waals surface area contributed by atoms with E-state index in [-0.39, 0.29) is 16.2 Å². The van der Waals surface area contributed by atoms with Crippen molar-refractivity contribution in [1.29, 1.82) is 0 Å². The molecule has 0 aliphatic heterocycles. The van der Waals surface area contributed by atoms with Crippen LogP contribution in [0, 0.1) is 0 Å². The Morgan fingerprint density at radius 3 is 2.20 bits per heavy atom. The number of anilines is 1. The highest BCUT2D eigenvalue weighted by Crippen LogP contribution is 2.29. The van der Waals surface area contributed by atoms with Gasteiger partial charge in [0.1, 0.15) is 5.75 Å². The highest BCUT2D eigenvalue weighted by atomic mass is 32.2. The second-order valence-electron chi connectivity index (χ2n) is 8.45. The first kappa shape index (κ1) is 28.8. The molecule has 0 radical (unpaired) electrons. The molecule has 0 saturated heterocycles. The number of rotatable bonds is 11. The molecule has 1 amide bonds. The van der Waals surface area contributed by atoms with Gasteiger partial charge in [-0.2, -0.15) is 5.10 Å². The number of carbonyl (C=O) groups is 2. The number of esters is 1. The number of nitrogens with one attached hydrogen (secondary N) is 2. The molecule has 2 N–H and O–H groups in total. The van der Waals surface area contributed by atoms with E-state index in [1.807, 2.05) is 0 Å². The van der Waals surface area contributed by atoms with Crippen LogP contribution in [0.5, 0.6) is 17.2 Å². The van der Waals surface area contributed by atoms with Gasteiger partial charge in [0.15, 0.2) is 11.5 Å². The highest BCUT2D eigenvalue weighted by Gasteiger charge is 2.15. The van der Waals surface area contributed by atoms with E-state index in [4.69, 9.17) is 14.2 Å². The maximum Gasteiger partial charge on any atom is 0.343 e. The minimum atomic E-state index is -3.74. The van der Waals surface area contributed by atoms with E-state index >= 15 is 0 Å². The number of methoxy groups -OCH3 is 1. The Hall–Kier alpha value is -5.16. The van der Waals surface area contributed by atoms with Crippen LogP contribution < -0.4 is 24.4 Å². The Kier molecular flexibility index (Phi) is 9.33. The normalized spacial score (nSPS) is 11.1. The Morgan fingerprint density at radius 1 is 0.854 bits per heavy atom. The molecule has 41 heavy (non-hydrogen) atoms. The van der Waals surface area contributed by atoms with E-state index in [0.29, 0.717) is 34.9 Å². The van der Waals surface area contributed by atoms with Gasteiger partial charge in [-0.25, -0.2) is 18.6 Å². The summed E-state index contributed by atoms with van der Waals surface area (Å²) in [5.41, 5.74) is 3.95. The summed E-state index contributed by atoms with van der Waals surface area (Å²) in [4.78, 5) is 25.2. The Morgan fingerprint density at radius 2 is 1.54 bits per heavy atom. The molecular weight excluding hydrogens is 546 g/mol. The molecule has 0 aliphatic carbocycles. The van der Waals surface area contributed by atoms with Crippen molar-refractivity contribution in [2.24, 2.45) is 5.10 Å². The summed E-state index contributed by atoms with van der Waals surface area (Å²) in [6.45, 7) is 2.13. The molecule has 0 heterocycles. The van der Waals surface area contributed by atoms with Crippen molar-refractivity contribution in [3.8, 4) is 17.2 Å². The van der Waals surface area contributed by atoms with Crippen molar-refractivity contribution < 1.29 is 32.2 Å². The third kappa shape index (κ3) is 7.70. The van der Waals surface area contributed by atoms with Gasteiger partial charge in [0.25, 0.3) is 15.9 Å². The van der Waals surface area contributed by atoms with Gasteiger partial charge in [0, 0.05) is 11.3 Å². The molecule has 0 atom stereocenters. The number of carbonyl (C=O) groups excluding carboxylic acids is 2. The number of amides is 1. The van der Waals surface area contributed by atoms with E-state index in [0.717, 1.165) is 0 Å². The van der Waals surface area contributed by atoms with Crippen LogP contribution in [0.1, 0.15) is 33.2 Å². The summed E-state index contributed by atoms with van der Waals surface area (Å²) in [7, 11) is -2.20. The van der Waals surface area contributed by atoms with Gasteiger partial charge in [0.2, 0.25) is 0 Å². The van der Waals surface area contributed by atoms with Gasteiger partial charge in [-0.05, 0) is 91.3 Å². The minimum absolute atomic E-state index is 0.132. The lowest BCUT2D eigenvalue weighted by Crippen LogP contribution is -2.18. The van der Waals surface area contributed by atoms with Crippen molar-refractivity contribution in [3.05, 3.63) is 114 Å². The fourth-order valence-electron chi connectivity index (χ4n) is 3.58. The first-order valence-corrected chi connectivity index (χ1v) is 13.9. The topological polar surface area (TPSA) is 132 Å². The van der Waals surface area contributed by atoms with Crippen LogP contribution >= 0.6 is 0 Å². The standard InChI is InChI=1S/C30H27N3O7S/c1-3-39-28-19-21(9-18-27(28)40-30(35)23-12-16-25(38-2)17-13-23)20-31-32-29(34)22-10-14-24(15-11-22)33-41(36,37)26-7-5-4-6-8-26/h4-20,33H,3H2,1-2H3,(H,32,34)/b31-20+. The fraction of sp³-hybridized carbons (Fsp3) is 0.100. The van der Waals surface area contributed by atoms with Crippen molar-refractivity contribution in [2.45, 2.75) is 11.8 Å². The molecule has 0 fully saturated rings. The van der Waals surface area contributed by atoms with E-state index in [1.165, 1.54) is 49.7 Å². The number of hydrogen-bond donors (Lipinski definition) is 2. The summed E-state index contributed by atoms with van der Waals surface area (Å²) in [5, 5.41) is 3.98. The average Bonchev–Trinajstić information content (AvgIpc) is 2.99. The zero-order valence-electron chi connectivity index (χ0n) is 22.2. The van der Waals surface area contributed by atoms with Crippen LogP contribution in [0.4, 0.5) is 5.69 Å². The van der Waals surface area contributed by atoms with E-state index in [2.05, 4.69) is 15.2 Å². The molecular formula is C30H27N3O7S. The van der Waals surface area contributed by atoms with Crippen LogP contribution in [0.15, 0.2) is 107 Å². The Bertz CT molecular complexity index is 1640.